The van der Waals surface area contributed by atoms with Crippen molar-refractivity contribution in [2.45, 2.75) is 80.9 Å². The maximum absolute atomic E-state index is 14.1. The molecule has 218 valence electrons. The molecule has 1 fully saturated rings. The van der Waals surface area contributed by atoms with Crippen LogP contribution in [0.2, 0.25) is 10.0 Å². The summed E-state index contributed by atoms with van der Waals surface area (Å²) in [6.07, 6.45) is 7.53. The SMILES string of the molecule is O=C(C[C@@H](NS(=O)(=O)c1ccc(Cl)c(Cl)c1)c1cccc(F)c1)N[C@@H]1CCCc2cc(CNC3CCCC3)ccc21. The lowest BCUT2D eigenvalue weighted by molar-refractivity contribution is -0.122. The highest BCUT2D eigenvalue weighted by Crippen LogP contribution is 2.32. The Labute approximate surface area is 251 Å². The molecule has 2 aliphatic carbocycles. The number of amides is 1. The first-order chi connectivity index (χ1) is 19.7. The van der Waals surface area contributed by atoms with Gasteiger partial charge in [-0.05, 0) is 84.7 Å². The van der Waals surface area contributed by atoms with E-state index in [1.165, 1.54) is 73.2 Å². The van der Waals surface area contributed by atoms with E-state index in [1.807, 2.05) is 0 Å². The number of hydrogen-bond donors (Lipinski definition) is 3. The van der Waals surface area contributed by atoms with Crippen molar-refractivity contribution in [1.29, 1.82) is 0 Å². The molecule has 0 saturated heterocycles. The third kappa shape index (κ3) is 7.67. The van der Waals surface area contributed by atoms with Gasteiger partial charge >= 0.3 is 0 Å². The average molecular weight is 619 g/mol. The van der Waals surface area contributed by atoms with Crippen molar-refractivity contribution in [3.05, 3.63) is 98.8 Å². The first kappa shape index (κ1) is 30.0. The number of carbonyl (C=O) groups is 1. The molecule has 0 aromatic heterocycles. The normalized spacial score (nSPS) is 18.2. The van der Waals surface area contributed by atoms with E-state index in [4.69, 9.17) is 23.2 Å². The van der Waals surface area contributed by atoms with Gasteiger partial charge in [-0.1, -0.05) is 66.4 Å². The topological polar surface area (TPSA) is 87.3 Å². The lowest BCUT2D eigenvalue weighted by Gasteiger charge is -2.28. The molecule has 10 heteroatoms. The second kappa shape index (κ2) is 13.2. The van der Waals surface area contributed by atoms with Crippen LogP contribution in [0.4, 0.5) is 4.39 Å². The molecule has 2 aliphatic rings. The Morgan fingerprint density at radius 2 is 1.76 bits per heavy atom. The van der Waals surface area contributed by atoms with Gasteiger partial charge in [0.05, 0.1) is 27.0 Å². The quantitative estimate of drug-likeness (QED) is 0.234. The molecule has 0 bridgehead atoms. The van der Waals surface area contributed by atoms with Crippen LogP contribution < -0.4 is 15.4 Å². The van der Waals surface area contributed by atoms with Crippen molar-refractivity contribution in [3.63, 3.8) is 0 Å². The lowest BCUT2D eigenvalue weighted by Crippen LogP contribution is -2.36. The Balaban J connectivity index is 1.30. The molecule has 41 heavy (non-hydrogen) atoms. The number of carbonyl (C=O) groups excluding carboxylic acids is 1. The highest BCUT2D eigenvalue weighted by molar-refractivity contribution is 7.89. The number of rotatable bonds is 10. The summed E-state index contributed by atoms with van der Waals surface area (Å²) in [6, 6.07) is 15.4. The summed E-state index contributed by atoms with van der Waals surface area (Å²) < 4.78 is 43.1. The highest BCUT2D eigenvalue weighted by Gasteiger charge is 2.27. The van der Waals surface area contributed by atoms with Crippen molar-refractivity contribution >= 4 is 39.1 Å². The number of halogens is 3. The molecule has 6 nitrogen and oxygen atoms in total. The van der Waals surface area contributed by atoms with Gasteiger partial charge in [-0.2, -0.15) is 0 Å². The Morgan fingerprint density at radius 1 is 0.951 bits per heavy atom. The van der Waals surface area contributed by atoms with E-state index in [9.17, 15) is 17.6 Å². The van der Waals surface area contributed by atoms with Crippen LogP contribution in [0, 0.1) is 5.82 Å². The molecular weight excluding hydrogens is 584 g/mol. The summed E-state index contributed by atoms with van der Waals surface area (Å²) in [4.78, 5) is 13.2. The predicted octanol–water partition coefficient (Wildman–Crippen LogP) is 6.77. The zero-order valence-corrected chi connectivity index (χ0v) is 25.0. The third-order valence-electron chi connectivity index (χ3n) is 7.95. The minimum absolute atomic E-state index is 0.0861. The van der Waals surface area contributed by atoms with E-state index in [0.29, 0.717) is 11.6 Å². The van der Waals surface area contributed by atoms with Crippen molar-refractivity contribution < 1.29 is 17.6 Å². The first-order valence-electron chi connectivity index (χ1n) is 14.1. The molecule has 3 aromatic carbocycles. The lowest BCUT2D eigenvalue weighted by atomic mass is 9.86. The van der Waals surface area contributed by atoms with Gasteiger partial charge in [0.15, 0.2) is 0 Å². The summed E-state index contributed by atoms with van der Waals surface area (Å²) in [7, 11) is -4.11. The van der Waals surface area contributed by atoms with Crippen molar-refractivity contribution in [1.82, 2.24) is 15.4 Å². The van der Waals surface area contributed by atoms with E-state index in [2.05, 4.69) is 33.6 Å². The summed E-state index contributed by atoms with van der Waals surface area (Å²) in [5.74, 6) is -0.859. The zero-order chi connectivity index (χ0) is 29.0. The summed E-state index contributed by atoms with van der Waals surface area (Å²) in [5, 5.41) is 7.07. The number of nitrogens with one attached hydrogen (secondary N) is 3. The van der Waals surface area contributed by atoms with Crippen LogP contribution in [0.3, 0.4) is 0 Å². The van der Waals surface area contributed by atoms with Crippen LogP contribution >= 0.6 is 23.2 Å². The number of sulfonamides is 1. The maximum atomic E-state index is 14.1. The monoisotopic (exact) mass is 617 g/mol. The van der Waals surface area contributed by atoms with Crippen LogP contribution in [0.15, 0.2) is 65.6 Å². The van der Waals surface area contributed by atoms with Gasteiger partial charge in [0.1, 0.15) is 5.82 Å². The molecule has 2 atom stereocenters. The molecule has 3 N–H and O–H groups in total. The van der Waals surface area contributed by atoms with Gasteiger partial charge < -0.3 is 10.6 Å². The van der Waals surface area contributed by atoms with Gasteiger partial charge in [-0.3, -0.25) is 4.79 Å². The zero-order valence-electron chi connectivity index (χ0n) is 22.6. The van der Waals surface area contributed by atoms with Crippen LogP contribution in [-0.2, 0) is 27.8 Å². The van der Waals surface area contributed by atoms with Crippen molar-refractivity contribution in [2.75, 3.05) is 0 Å². The number of fused-ring (bicyclic) bond motifs is 1. The summed E-state index contributed by atoms with van der Waals surface area (Å²) in [6.45, 7) is 0.837. The highest BCUT2D eigenvalue weighted by atomic mass is 35.5. The average Bonchev–Trinajstić information content (AvgIpc) is 3.47. The van der Waals surface area contributed by atoms with E-state index in [-0.39, 0.29) is 33.3 Å². The maximum Gasteiger partial charge on any atom is 0.241 e. The minimum atomic E-state index is -4.11. The Morgan fingerprint density at radius 3 is 2.51 bits per heavy atom. The molecule has 0 radical (unpaired) electrons. The van der Waals surface area contributed by atoms with Gasteiger partial charge in [0, 0.05) is 19.0 Å². The smallest absolute Gasteiger partial charge is 0.241 e. The molecule has 0 unspecified atom stereocenters. The van der Waals surface area contributed by atoms with Crippen LogP contribution in [-0.4, -0.2) is 20.4 Å². The third-order valence-corrected chi connectivity index (χ3v) is 10.2. The van der Waals surface area contributed by atoms with Crippen LogP contribution in [0.5, 0.6) is 0 Å². The Hall–Kier alpha value is -2.49. The predicted molar refractivity (Wildman–Crippen MR) is 160 cm³/mol. The fraction of sp³-hybridized carbons (Fsp3) is 0.387. The molecule has 1 saturated carbocycles. The van der Waals surface area contributed by atoms with Crippen molar-refractivity contribution in [2.24, 2.45) is 0 Å². The fourth-order valence-corrected chi connectivity index (χ4v) is 7.42. The van der Waals surface area contributed by atoms with Gasteiger partial charge in [0.2, 0.25) is 15.9 Å². The molecule has 5 rings (SSSR count). The minimum Gasteiger partial charge on any atom is -0.349 e. The molecule has 0 spiro atoms. The first-order valence-corrected chi connectivity index (χ1v) is 16.3. The second-order valence-corrected chi connectivity index (χ2v) is 13.4. The van der Waals surface area contributed by atoms with Gasteiger partial charge in [0.25, 0.3) is 0 Å². The van der Waals surface area contributed by atoms with Crippen LogP contribution in [0.25, 0.3) is 0 Å². The van der Waals surface area contributed by atoms with Crippen LogP contribution in [0.1, 0.15) is 79.3 Å². The van der Waals surface area contributed by atoms with Gasteiger partial charge in [-0.15, -0.1) is 0 Å². The van der Waals surface area contributed by atoms with E-state index in [1.54, 1.807) is 6.07 Å². The fourth-order valence-electron chi connectivity index (χ4n) is 5.81. The van der Waals surface area contributed by atoms with E-state index < -0.39 is 21.9 Å². The molecule has 1 amide bonds. The van der Waals surface area contributed by atoms with Gasteiger partial charge in [-0.25, -0.2) is 17.5 Å². The standard InChI is InChI=1S/C31H34Cl2FN3O3S/c32-27-14-12-25(17-28(27)33)41(39,40)37-30(22-6-3-7-23(34)16-22)18-31(38)36-29-10-4-5-21-15-20(11-13-26(21)29)19-35-24-8-1-2-9-24/h3,6-7,11-17,24,29-30,35,37H,1-2,4-5,8-10,18-19H2,(H,36,38)/t29-,30-/m1/s1. The summed E-state index contributed by atoms with van der Waals surface area (Å²) >= 11 is 12.0. The number of aryl methyl sites for hydroxylation is 1. The number of hydrogen-bond acceptors (Lipinski definition) is 4. The van der Waals surface area contributed by atoms with E-state index in [0.717, 1.165) is 31.4 Å². The van der Waals surface area contributed by atoms with E-state index >= 15 is 0 Å². The summed E-state index contributed by atoms with van der Waals surface area (Å²) in [5.41, 5.74) is 3.90. The molecule has 0 heterocycles. The molecule has 3 aromatic rings. The second-order valence-electron chi connectivity index (χ2n) is 10.9. The Kier molecular flexibility index (Phi) is 9.66. The van der Waals surface area contributed by atoms with Crippen molar-refractivity contribution in [3.8, 4) is 0 Å². The molecule has 0 aliphatic heterocycles. The Bertz CT molecular complexity index is 1510. The molecular formula is C31H34Cl2FN3O3S. The number of benzene rings is 3. The largest absolute Gasteiger partial charge is 0.349 e.